The molecule has 0 aliphatic carbocycles. The summed E-state index contributed by atoms with van der Waals surface area (Å²) in [7, 11) is 0. The minimum absolute atomic E-state index is 0.0582. The van der Waals surface area contributed by atoms with Crippen LogP contribution < -0.4 is 0 Å². The summed E-state index contributed by atoms with van der Waals surface area (Å²) in [4.78, 5) is 16.8. The molecule has 3 rings (SSSR count). The zero-order valence-electron chi connectivity index (χ0n) is 13.6. The summed E-state index contributed by atoms with van der Waals surface area (Å²) in [6.07, 6.45) is 3.16. The van der Waals surface area contributed by atoms with E-state index in [4.69, 9.17) is 9.84 Å². The summed E-state index contributed by atoms with van der Waals surface area (Å²) < 4.78 is 5.62. The Kier molecular flexibility index (Phi) is 5.65. The van der Waals surface area contributed by atoms with Gasteiger partial charge in [-0.15, -0.1) is 0 Å². The SMILES string of the molecule is O=C(CN1CCCC(OCCO)C1)N1CCc2ccccc2C1. The molecule has 1 amide bonds. The molecule has 1 fully saturated rings. The maximum absolute atomic E-state index is 12.6. The summed E-state index contributed by atoms with van der Waals surface area (Å²) >= 11 is 0. The van der Waals surface area contributed by atoms with Crippen LogP contribution in [0.4, 0.5) is 0 Å². The molecule has 23 heavy (non-hydrogen) atoms. The van der Waals surface area contributed by atoms with Crippen molar-refractivity contribution >= 4 is 5.91 Å². The maximum atomic E-state index is 12.6. The van der Waals surface area contributed by atoms with Crippen molar-refractivity contribution in [1.82, 2.24) is 9.80 Å². The molecule has 0 radical (unpaired) electrons. The van der Waals surface area contributed by atoms with Gasteiger partial charge in [0.2, 0.25) is 5.91 Å². The fraction of sp³-hybridized carbons (Fsp3) is 0.611. The molecule has 1 saturated heterocycles. The number of ether oxygens (including phenoxy) is 1. The second kappa shape index (κ2) is 7.90. The second-order valence-corrected chi connectivity index (χ2v) is 6.43. The molecule has 2 aliphatic heterocycles. The number of aliphatic hydroxyl groups excluding tert-OH is 1. The average Bonchev–Trinajstić information content (AvgIpc) is 2.60. The van der Waals surface area contributed by atoms with Gasteiger partial charge >= 0.3 is 0 Å². The molecule has 1 aromatic rings. The quantitative estimate of drug-likeness (QED) is 0.881. The van der Waals surface area contributed by atoms with Crippen LogP contribution >= 0.6 is 0 Å². The fourth-order valence-corrected chi connectivity index (χ4v) is 3.51. The van der Waals surface area contributed by atoms with Crippen LogP contribution in [0.15, 0.2) is 24.3 Å². The number of carbonyl (C=O) groups is 1. The van der Waals surface area contributed by atoms with Crippen molar-refractivity contribution < 1.29 is 14.6 Å². The third-order valence-electron chi connectivity index (χ3n) is 4.75. The number of nitrogens with zero attached hydrogens (tertiary/aromatic N) is 2. The van der Waals surface area contributed by atoms with Crippen LogP contribution in [0, 0.1) is 0 Å². The van der Waals surface area contributed by atoms with Gasteiger partial charge in [-0.25, -0.2) is 0 Å². The summed E-state index contributed by atoms with van der Waals surface area (Å²) in [5.74, 6) is 0.210. The van der Waals surface area contributed by atoms with E-state index in [1.54, 1.807) is 0 Å². The van der Waals surface area contributed by atoms with E-state index in [0.717, 1.165) is 45.4 Å². The van der Waals surface area contributed by atoms with Gasteiger partial charge < -0.3 is 14.7 Å². The molecule has 0 saturated carbocycles. The number of carbonyl (C=O) groups excluding carboxylic acids is 1. The number of aliphatic hydroxyl groups is 1. The van der Waals surface area contributed by atoms with E-state index in [1.807, 2.05) is 11.0 Å². The minimum atomic E-state index is 0.0582. The molecule has 5 heteroatoms. The molecule has 2 aliphatic rings. The molecular weight excluding hydrogens is 292 g/mol. The van der Waals surface area contributed by atoms with Crippen LogP contribution in [0.25, 0.3) is 0 Å². The monoisotopic (exact) mass is 318 g/mol. The number of amides is 1. The van der Waals surface area contributed by atoms with Crippen molar-refractivity contribution in [2.24, 2.45) is 0 Å². The van der Waals surface area contributed by atoms with Gasteiger partial charge in [-0.2, -0.15) is 0 Å². The highest BCUT2D eigenvalue weighted by atomic mass is 16.5. The van der Waals surface area contributed by atoms with Gasteiger partial charge in [-0.05, 0) is 36.9 Å². The maximum Gasteiger partial charge on any atom is 0.237 e. The third-order valence-corrected chi connectivity index (χ3v) is 4.75. The Morgan fingerprint density at radius 3 is 2.91 bits per heavy atom. The average molecular weight is 318 g/mol. The lowest BCUT2D eigenvalue weighted by Crippen LogP contribution is -2.47. The number of hydrogen-bond acceptors (Lipinski definition) is 4. The molecule has 1 unspecified atom stereocenters. The first-order valence-electron chi connectivity index (χ1n) is 8.55. The van der Waals surface area contributed by atoms with E-state index in [9.17, 15) is 4.79 Å². The second-order valence-electron chi connectivity index (χ2n) is 6.43. The van der Waals surface area contributed by atoms with Gasteiger partial charge in [0.15, 0.2) is 0 Å². The van der Waals surface area contributed by atoms with Gasteiger partial charge in [0.1, 0.15) is 0 Å². The van der Waals surface area contributed by atoms with Crippen LogP contribution in [0.2, 0.25) is 0 Å². The van der Waals surface area contributed by atoms with E-state index in [1.165, 1.54) is 11.1 Å². The first kappa shape index (κ1) is 16.4. The van der Waals surface area contributed by atoms with Gasteiger partial charge in [-0.1, -0.05) is 24.3 Å². The van der Waals surface area contributed by atoms with E-state index < -0.39 is 0 Å². The van der Waals surface area contributed by atoms with Crippen molar-refractivity contribution in [3.8, 4) is 0 Å². The summed E-state index contributed by atoms with van der Waals surface area (Å²) in [6.45, 7) is 4.20. The number of piperidine rings is 1. The largest absolute Gasteiger partial charge is 0.394 e. The lowest BCUT2D eigenvalue weighted by Gasteiger charge is -2.35. The Balaban J connectivity index is 1.51. The topological polar surface area (TPSA) is 53.0 Å². The summed E-state index contributed by atoms with van der Waals surface area (Å²) in [6, 6.07) is 8.39. The van der Waals surface area contributed by atoms with E-state index in [2.05, 4.69) is 23.1 Å². The predicted molar refractivity (Wildman–Crippen MR) is 88.1 cm³/mol. The fourth-order valence-electron chi connectivity index (χ4n) is 3.51. The van der Waals surface area contributed by atoms with Crippen molar-refractivity contribution in [2.75, 3.05) is 39.4 Å². The Labute approximate surface area is 137 Å². The van der Waals surface area contributed by atoms with Gasteiger partial charge in [-0.3, -0.25) is 9.69 Å². The predicted octanol–water partition coefficient (Wildman–Crippen LogP) is 1.04. The van der Waals surface area contributed by atoms with Gasteiger partial charge in [0.25, 0.3) is 0 Å². The van der Waals surface area contributed by atoms with Crippen molar-refractivity contribution in [3.63, 3.8) is 0 Å². The standard InChI is InChI=1S/C18H26N2O3/c21-10-11-23-17-6-3-8-19(13-17)14-18(22)20-9-7-15-4-1-2-5-16(15)12-20/h1-2,4-5,17,21H,3,6-14H2. The molecule has 126 valence electrons. The van der Waals surface area contributed by atoms with E-state index >= 15 is 0 Å². The number of hydrogen-bond donors (Lipinski definition) is 1. The van der Waals surface area contributed by atoms with Crippen molar-refractivity contribution in [2.45, 2.75) is 31.9 Å². The third kappa shape index (κ3) is 4.31. The molecule has 5 nitrogen and oxygen atoms in total. The molecule has 0 aromatic heterocycles. The molecule has 1 N–H and O–H groups in total. The Morgan fingerprint density at radius 2 is 2.09 bits per heavy atom. The van der Waals surface area contributed by atoms with Crippen molar-refractivity contribution in [3.05, 3.63) is 35.4 Å². The number of benzene rings is 1. The van der Waals surface area contributed by atoms with Gasteiger partial charge in [0.05, 0.1) is 25.9 Å². The first-order chi connectivity index (χ1) is 11.3. The van der Waals surface area contributed by atoms with E-state index in [0.29, 0.717) is 13.2 Å². The molecule has 1 atom stereocenters. The molecule has 1 aromatic carbocycles. The summed E-state index contributed by atoms with van der Waals surface area (Å²) in [5, 5.41) is 8.86. The molecule has 0 bridgehead atoms. The van der Waals surface area contributed by atoms with Crippen LogP contribution in [0.3, 0.4) is 0 Å². The smallest absolute Gasteiger partial charge is 0.237 e. The lowest BCUT2D eigenvalue weighted by molar-refractivity contribution is -0.134. The zero-order valence-corrected chi connectivity index (χ0v) is 13.6. The molecule has 2 heterocycles. The molecule has 0 spiro atoms. The highest BCUT2D eigenvalue weighted by Gasteiger charge is 2.25. The first-order valence-corrected chi connectivity index (χ1v) is 8.55. The Morgan fingerprint density at radius 1 is 1.26 bits per heavy atom. The highest BCUT2D eigenvalue weighted by molar-refractivity contribution is 5.78. The zero-order chi connectivity index (χ0) is 16.1. The lowest BCUT2D eigenvalue weighted by atomic mass is 10.00. The van der Waals surface area contributed by atoms with Gasteiger partial charge in [0, 0.05) is 19.6 Å². The number of fused-ring (bicyclic) bond motifs is 1. The highest BCUT2D eigenvalue weighted by Crippen LogP contribution is 2.19. The number of likely N-dealkylation sites (tertiary alicyclic amines) is 1. The normalized spacial score (nSPS) is 22.0. The Bertz CT molecular complexity index is 535. The number of rotatable bonds is 5. The van der Waals surface area contributed by atoms with Crippen molar-refractivity contribution in [1.29, 1.82) is 0 Å². The molecular formula is C18H26N2O3. The Hall–Kier alpha value is -1.43. The van der Waals surface area contributed by atoms with Crippen LogP contribution in [0.5, 0.6) is 0 Å². The van der Waals surface area contributed by atoms with E-state index in [-0.39, 0.29) is 18.6 Å². The minimum Gasteiger partial charge on any atom is -0.394 e. The van der Waals surface area contributed by atoms with Crippen LogP contribution in [-0.2, 0) is 22.5 Å². The van der Waals surface area contributed by atoms with Crippen LogP contribution in [0.1, 0.15) is 24.0 Å². The van der Waals surface area contributed by atoms with Crippen LogP contribution in [-0.4, -0.2) is 66.3 Å². The summed E-state index contributed by atoms with van der Waals surface area (Å²) in [5.41, 5.74) is 2.64.